The third kappa shape index (κ3) is 3.53. The van der Waals surface area contributed by atoms with Crippen molar-refractivity contribution in [3.8, 4) is 0 Å². The number of halogens is 2. The molecular weight excluding hydrogens is 257 g/mol. The Bertz CT molecular complexity index is 464. The van der Waals surface area contributed by atoms with Gasteiger partial charge in [-0.1, -0.05) is 17.7 Å². The van der Waals surface area contributed by atoms with Crippen LogP contribution in [0.2, 0.25) is 5.02 Å². The Kier molecular flexibility index (Phi) is 4.15. The van der Waals surface area contributed by atoms with E-state index in [1.165, 1.54) is 17.0 Å². The van der Waals surface area contributed by atoms with Crippen molar-refractivity contribution in [3.63, 3.8) is 0 Å². The zero-order chi connectivity index (χ0) is 12.3. The number of hydrogen-bond donors (Lipinski definition) is 1. The van der Waals surface area contributed by atoms with Gasteiger partial charge in [0.05, 0.1) is 0 Å². The van der Waals surface area contributed by atoms with E-state index in [4.69, 9.17) is 11.6 Å². The second-order valence-electron chi connectivity index (χ2n) is 3.90. The zero-order valence-corrected chi connectivity index (χ0v) is 11.0. The van der Waals surface area contributed by atoms with E-state index in [1.54, 1.807) is 17.4 Å². The molecule has 0 aliphatic heterocycles. The molecule has 0 aliphatic rings. The first-order chi connectivity index (χ1) is 8.15. The van der Waals surface area contributed by atoms with Crippen LogP contribution in [-0.4, -0.2) is 0 Å². The van der Waals surface area contributed by atoms with Gasteiger partial charge in [-0.2, -0.15) is 0 Å². The van der Waals surface area contributed by atoms with Gasteiger partial charge in [-0.25, -0.2) is 4.39 Å². The predicted molar refractivity (Wildman–Crippen MR) is 71.0 cm³/mol. The predicted octanol–water partition coefficient (Wildman–Crippen LogP) is 4.39. The van der Waals surface area contributed by atoms with Gasteiger partial charge in [-0.3, -0.25) is 0 Å². The van der Waals surface area contributed by atoms with Gasteiger partial charge in [0, 0.05) is 22.5 Å². The number of nitrogens with one attached hydrogen (secondary N) is 1. The Hall–Kier alpha value is -0.900. The third-order valence-electron chi connectivity index (χ3n) is 2.50. The van der Waals surface area contributed by atoms with Gasteiger partial charge in [0.15, 0.2) is 0 Å². The molecule has 1 aromatic carbocycles. The maximum absolute atomic E-state index is 13.1. The molecule has 90 valence electrons. The van der Waals surface area contributed by atoms with E-state index in [-0.39, 0.29) is 11.9 Å². The second-order valence-corrected chi connectivity index (χ2v) is 5.31. The Labute approximate surface area is 109 Å². The van der Waals surface area contributed by atoms with Crippen molar-refractivity contribution in [1.82, 2.24) is 5.32 Å². The summed E-state index contributed by atoms with van der Waals surface area (Å²) in [4.78, 5) is 1.27. The van der Waals surface area contributed by atoms with Crippen LogP contribution < -0.4 is 5.32 Å². The number of thiophene rings is 1. The Balaban J connectivity index is 1.98. The van der Waals surface area contributed by atoms with Crippen molar-refractivity contribution in [2.24, 2.45) is 0 Å². The van der Waals surface area contributed by atoms with Crippen molar-refractivity contribution < 1.29 is 4.39 Å². The highest BCUT2D eigenvalue weighted by atomic mass is 35.5. The molecular formula is C13H13ClFNS. The average Bonchev–Trinajstić information content (AvgIpc) is 2.78. The van der Waals surface area contributed by atoms with Gasteiger partial charge in [-0.05, 0) is 42.1 Å². The normalized spacial score (nSPS) is 12.6. The van der Waals surface area contributed by atoms with Crippen LogP contribution in [0.4, 0.5) is 4.39 Å². The van der Waals surface area contributed by atoms with Crippen LogP contribution >= 0.6 is 22.9 Å². The van der Waals surface area contributed by atoms with Gasteiger partial charge in [-0.15, -0.1) is 11.3 Å². The standard InChI is InChI=1S/C13H13ClFNS/c1-9(13-3-2-4-17-13)16-8-10-5-11(14)7-12(15)6-10/h2-7,9,16H,8H2,1H3/t9-/m0/s1. The summed E-state index contributed by atoms with van der Waals surface area (Å²) < 4.78 is 13.1. The lowest BCUT2D eigenvalue weighted by molar-refractivity contribution is 0.576. The van der Waals surface area contributed by atoms with Gasteiger partial charge in [0.25, 0.3) is 0 Å². The number of benzene rings is 1. The van der Waals surface area contributed by atoms with Crippen LogP contribution in [0.25, 0.3) is 0 Å². The van der Waals surface area contributed by atoms with Crippen LogP contribution in [0, 0.1) is 5.82 Å². The molecule has 0 aliphatic carbocycles. The molecule has 2 rings (SSSR count). The summed E-state index contributed by atoms with van der Waals surface area (Å²) in [6, 6.07) is 8.96. The largest absolute Gasteiger partial charge is 0.305 e. The van der Waals surface area contributed by atoms with Crippen LogP contribution in [0.15, 0.2) is 35.7 Å². The highest BCUT2D eigenvalue weighted by Gasteiger charge is 2.06. The van der Waals surface area contributed by atoms with Crippen molar-refractivity contribution in [3.05, 3.63) is 57.0 Å². The van der Waals surface area contributed by atoms with Crippen LogP contribution in [0.1, 0.15) is 23.4 Å². The molecule has 0 amide bonds. The maximum atomic E-state index is 13.1. The number of hydrogen-bond acceptors (Lipinski definition) is 2. The topological polar surface area (TPSA) is 12.0 Å². The Morgan fingerprint density at radius 2 is 2.24 bits per heavy atom. The average molecular weight is 270 g/mol. The Morgan fingerprint density at radius 3 is 2.88 bits per heavy atom. The smallest absolute Gasteiger partial charge is 0.125 e. The summed E-state index contributed by atoms with van der Waals surface area (Å²) in [5.41, 5.74) is 0.860. The summed E-state index contributed by atoms with van der Waals surface area (Å²) in [6.07, 6.45) is 0. The molecule has 0 fully saturated rings. The second kappa shape index (κ2) is 5.63. The highest BCUT2D eigenvalue weighted by molar-refractivity contribution is 7.10. The highest BCUT2D eigenvalue weighted by Crippen LogP contribution is 2.19. The van der Waals surface area contributed by atoms with Crippen molar-refractivity contribution >= 4 is 22.9 Å². The van der Waals surface area contributed by atoms with E-state index in [9.17, 15) is 4.39 Å². The van der Waals surface area contributed by atoms with Gasteiger partial charge in [0.2, 0.25) is 0 Å². The quantitative estimate of drug-likeness (QED) is 0.868. The van der Waals surface area contributed by atoms with E-state index in [0.717, 1.165) is 5.56 Å². The lowest BCUT2D eigenvalue weighted by Gasteiger charge is -2.12. The lowest BCUT2D eigenvalue weighted by atomic mass is 10.2. The molecule has 0 unspecified atom stereocenters. The number of rotatable bonds is 4. The summed E-state index contributed by atoms with van der Waals surface area (Å²) >= 11 is 7.51. The molecule has 17 heavy (non-hydrogen) atoms. The maximum Gasteiger partial charge on any atom is 0.125 e. The van der Waals surface area contributed by atoms with Gasteiger partial charge < -0.3 is 5.32 Å². The summed E-state index contributed by atoms with van der Waals surface area (Å²) in [6.45, 7) is 2.70. The molecule has 1 aromatic heterocycles. The molecule has 0 saturated carbocycles. The molecule has 0 spiro atoms. The Morgan fingerprint density at radius 1 is 1.41 bits per heavy atom. The van der Waals surface area contributed by atoms with Crippen LogP contribution in [-0.2, 0) is 6.54 Å². The minimum absolute atomic E-state index is 0.261. The summed E-state index contributed by atoms with van der Waals surface area (Å²) in [5.74, 6) is -0.293. The SMILES string of the molecule is C[C@H](NCc1cc(F)cc(Cl)c1)c1cccs1. The van der Waals surface area contributed by atoms with Crippen molar-refractivity contribution in [2.45, 2.75) is 19.5 Å². The van der Waals surface area contributed by atoms with E-state index in [2.05, 4.69) is 18.3 Å². The lowest BCUT2D eigenvalue weighted by Crippen LogP contribution is -2.17. The van der Waals surface area contributed by atoms with Gasteiger partial charge >= 0.3 is 0 Å². The summed E-state index contributed by atoms with van der Waals surface area (Å²) in [7, 11) is 0. The van der Waals surface area contributed by atoms with E-state index in [1.807, 2.05) is 11.4 Å². The van der Waals surface area contributed by atoms with Crippen molar-refractivity contribution in [1.29, 1.82) is 0 Å². The fraction of sp³-hybridized carbons (Fsp3) is 0.231. The molecule has 0 radical (unpaired) electrons. The molecule has 1 heterocycles. The van der Waals surface area contributed by atoms with Gasteiger partial charge in [0.1, 0.15) is 5.82 Å². The molecule has 1 N–H and O–H groups in total. The molecule has 0 saturated heterocycles. The summed E-state index contributed by atoms with van der Waals surface area (Å²) in [5, 5.41) is 5.82. The first-order valence-corrected chi connectivity index (χ1v) is 6.62. The minimum Gasteiger partial charge on any atom is -0.305 e. The third-order valence-corrected chi connectivity index (χ3v) is 3.78. The van der Waals surface area contributed by atoms with Crippen LogP contribution in [0.5, 0.6) is 0 Å². The zero-order valence-electron chi connectivity index (χ0n) is 9.41. The fourth-order valence-electron chi connectivity index (χ4n) is 1.62. The van der Waals surface area contributed by atoms with Crippen LogP contribution in [0.3, 0.4) is 0 Å². The molecule has 1 nitrogen and oxygen atoms in total. The molecule has 0 bridgehead atoms. The first kappa shape index (κ1) is 12.6. The first-order valence-electron chi connectivity index (χ1n) is 5.37. The molecule has 4 heteroatoms. The van der Waals surface area contributed by atoms with E-state index in [0.29, 0.717) is 11.6 Å². The van der Waals surface area contributed by atoms with E-state index < -0.39 is 0 Å². The van der Waals surface area contributed by atoms with Crippen molar-refractivity contribution in [2.75, 3.05) is 0 Å². The fourth-order valence-corrected chi connectivity index (χ4v) is 2.63. The molecule has 2 aromatic rings. The monoisotopic (exact) mass is 269 g/mol. The molecule has 1 atom stereocenters. The van der Waals surface area contributed by atoms with E-state index >= 15 is 0 Å². The minimum atomic E-state index is -0.293.